The Labute approximate surface area is 795 Å². The third-order valence-electron chi connectivity index (χ3n) is 24.7. The van der Waals surface area contributed by atoms with Crippen LogP contribution in [0.1, 0.15) is 354 Å². The zero-order valence-corrected chi connectivity index (χ0v) is 81.7. The Morgan fingerprint density at radius 1 is 0.374 bits per heavy atom. The molecule has 4 atom stereocenters. The number of nitrogens with two attached hydrogens (primary N) is 1. The Hall–Kier alpha value is -9.25. The first-order chi connectivity index (χ1) is 63.3. The molecule has 1 heterocycles. The average molecular weight is 1830 g/mol. The standard InChI is InChI=1S/C62H76ClNO7.C47H66ClNO5.C5H11N/c1-46-38-40-49(41-39-46)62(48-28-18-17-19-29-48,56-35-26-27-36-57(56)63)71-59(67)47(42-43-64-60(68)69-45-55-53-33-24-22-31-51(53)52-32-23-25-34-54(52)55)44-50(65)30-20-15-13-11-9-7-5-6-8-10-12-14-16-21-37-58(66)70-61(2,3)4;1-37-30-32-40(33-31-37)47(39-24-18-17-19-25-39,42-27-22-23-28-43(42)48)54-45(52)38(34-35-49)36-41(50)26-20-15-13-11-9-7-5-6-8-10-12-14-16-21-29-44(51)53-46(2,3)4;1-2-4-6-5-3-1/h17-19,22-29,31-36,38-41,47,55H,5-16,20-21,30,37,42-45H2,1-4H3,(H,64,68);17-19,22-25,27-28,30-33,38H,5-16,20-21,26,29,34-36,49H2,1-4H3;6H,1-5H2/t47-,62?;38-,47?;/m11./s1. The first-order valence-electron chi connectivity index (χ1n) is 49.5. The maximum atomic E-state index is 14.9. The van der Waals surface area contributed by atoms with E-state index in [0.29, 0.717) is 58.8 Å². The molecule has 1 amide bonds. The average Bonchev–Trinajstić information content (AvgIpc) is 1.60. The number of alkyl carbamates (subject to hydrolysis) is 1. The van der Waals surface area contributed by atoms with Gasteiger partial charge in [0.1, 0.15) is 29.4 Å². The number of piperidine rings is 1. The molecular formula is C114H153Cl2N3O12. The number of rotatable bonds is 55. The number of fused-ring (bicyclic) bond motifs is 3. The summed E-state index contributed by atoms with van der Waals surface area (Å²) in [7, 11) is 0. The van der Waals surface area contributed by atoms with Crippen molar-refractivity contribution in [2.75, 3.05) is 32.8 Å². The molecule has 8 aromatic rings. The molecule has 4 N–H and O–H groups in total. The van der Waals surface area contributed by atoms with Gasteiger partial charge in [0.05, 0.1) is 11.8 Å². The van der Waals surface area contributed by atoms with Gasteiger partial charge in [-0.25, -0.2) is 4.79 Å². The number of ether oxygens (including phenoxy) is 5. The summed E-state index contributed by atoms with van der Waals surface area (Å²) < 4.78 is 30.1. The van der Waals surface area contributed by atoms with Crippen LogP contribution >= 0.6 is 23.2 Å². The van der Waals surface area contributed by atoms with Crippen LogP contribution in [-0.2, 0) is 63.7 Å². The van der Waals surface area contributed by atoms with Gasteiger partial charge in [-0.1, -0.05) is 389 Å². The van der Waals surface area contributed by atoms with Gasteiger partial charge in [-0.15, -0.1) is 0 Å². The largest absolute Gasteiger partial charge is 0.460 e. The highest BCUT2D eigenvalue weighted by Crippen LogP contribution is 2.48. The molecule has 0 bridgehead atoms. The number of nitrogens with one attached hydrogen (secondary N) is 2. The van der Waals surface area contributed by atoms with Crippen molar-refractivity contribution in [2.24, 2.45) is 17.6 Å². The van der Waals surface area contributed by atoms with Crippen molar-refractivity contribution >= 4 is 64.7 Å². The monoisotopic (exact) mass is 1830 g/mol. The first kappa shape index (κ1) is 107. The highest BCUT2D eigenvalue weighted by Gasteiger charge is 2.46. The Morgan fingerprint density at radius 2 is 0.687 bits per heavy atom. The quantitative estimate of drug-likeness (QED) is 0.0140. The van der Waals surface area contributed by atoms with Crippen molar-refractivity contribution in [3.63, 3.8) is 0 Å². The molecule has 0 spiro atoms. The lowest BCUT2D eigenvalue weighted by Gasteiger charge is -2.37. The number of amides is 1. The minimum absolute atomic E-state index is 0.00507. The topological polar surface area (TPSA) is 216 Å². The van der Waals surface area contributed by atoms with Crippen LogP contribution < -0.4 is 16.4 Å². The number of carbonyl (C=O) groups is 7. The molecule has 0 radical (unpaired) electrons. The molecule has 1 fully saturated rings. The van der Waals surface area contributed by atoms with Gasteiger partial charge in [0, 0.05) is 94.4 Å². The van der Waals surface area contributed by atoms with Crippen LogP contribution in [-0.4, -0.2) is 85.5 Å². The predicted molar refractivity (Wildman–Crippen MR) is 534 cm³/mol. The predicted octanol–water partition coefficient (Wildman–Crippen LogP) is 28.3. The van der Waals surface area contributed by atoms with Crippen LogP contribution in [0, 0.1) is 25.7 Å². The Balaban J connectivity index is 0.000000313. The number of ketones is 2. The molecule has 0 saturated carbocycles. The van der Waals surface area contributed by atoms with E-state index in [1.165, 1.54) is 142 Å². The van der Waals surface area contributed by atoms with Gasteiger partial charge in [0.2, 0.25) is 0 Å². The molecule has 1 saturated heterocycles. The Bertz CT molecular complexity index is 4620. The van der Waals surface area contributed by atoms with Crippen LogP contribution in [0.25, 0.3) is 11.1 Å². The van der Waals surface area contributed by atoms with Gasteiger partial charge in [0.15, 0.2) is 11.2 Å². The smallest absolute Gasteiger partial charge is 0.407 e. The summed E-state index contributed by atoms with van der Waals surface area (Å²) >= 11 is 13.8. The lowest BCUT2D eigenvalue weighted by atomic mass is 9.79. The van der Waals surface area contributed by atoms with Gasteiger partial charge < -0.3 is 40.1 Å². The third kappa shape index (κ3) is 37.6. The van der Waals surface area contributed by atoms with Gasteiger partial charge in [-0.05, 0) is 161 Å². The maximum absolute atomic E-state index is 14.9. The molecule has 2 aliphatic rings. The van der Waals surface area contributed by atoms with E-state index in [-0.39, 0.29) is 68.4 Å². The molecule has 1 aliphatic carbocycles. The molecule has 2 unspecified atom stereocenters. The van der Waals surface area contributed by atoms with Crippen molar-refractivity contribution in [1.29, 1.82) is 0 Å². The van der Waals surface area contributed by atoms with E-state index >= 15 is 0 Å². The highest BCUT2D eigenvalue weighted by molar-refractivity contribution is 6.32. The van der Waals surface area contributed by atoms with Gasteiger partial charge >= 0.3 is 30.0 Å². The Kier molecular flexibility index (Phi) is 48.0. The van der Waals surface area contributed by atoms with Crippen LogP contribution in [0.4, 0.5) is 4.79 Å². The first-order valence-corrected chi connectivity index (χ1v) is 50.2. The van der Waals surface area contributed by atoms with E-state index in [1.807, 2.05) is 225 Å². The second-order valence-corrected chi connectivity index (χ2v) is 38.8. The van der Waals surface area contributed by atoms with Crippen LogP contribution in [0.5, 0.6) is 0 Å². The molecular weight excluding hydrogens is 1670 g/mol. The lowest BCUT2D eigenvalue weighted by molar-refractivity contribution is -0.160. The Morgan fingerprint density at radius 3 is 1.02 bits per heavy atom. The number of hydrogen-bond acceptors (Lipinski definition) is 14. The summed E-state index contributed by atoms with van der Waals surface area (Å²) in [6, 6.07) is 66.4. The minimum atomic E-state index is -1.43. The molecule has 8 aromatic carbocycles. The van der Waals surface area contributed by atoms with Crippen molar-refractivity contribution in [2.45, 2.75) is 334 Å². The van der Waals surface area contributed by atoms with Crippen LogP contribution in [0.3, 0.4) is 0 Å². The molecule has 17 heteroatoms. The van der Waals surface area contributed by atoms with E-state index in [0.717, 1.165) is 121 Å². The van der Waals surface area contributed by atoms with E-state index in [9.17, 15) is 33.6 Å². The van der Waals surface area contributed by atoms with E-state index in [1.54, 1.807) is 12.1 Å². The van der Waals surface area contributed by atoms with Crippen molar-refractivity contribution < 1.29 is 57.2 Å². The molecule has 131 heavy (non-hydrogen) atoms. The van der Waals surface area contributed by atoms with Gasteiger partial charge in [-0.2, -0.15) is 0 Å². The number of aryl methyl sites for hydroxylation is 2. The lowest BCUT2D eigenvalue weighted by Crippen LogP contribution is -2.39. The molecule has 10 rings (SSSR count). The third-order valence-corrected chi connectivity index (χ3v) is 25.4. The second kappa shape index (κ2) is 58.7. The van der Waals surface area contributed by atoms with E-state index in [4.69, 9.17) is 52.6 Å². The molecule has 0 aromatic heterocycles. The van der Waals surface area contributed by atoms with Crippen LogP contribution in [0.15, 0.2) is 206 Å². The number of esters is 4. The summed E-state index contributed by atoms with van der Waals surface area (Å²) in [5.74, 6) is -2.70. The van der Waals surface area contributed by atoms with Crippen molar-refractivity contribution in [1.82, 2.24) is 10.6 Å². The van der Waals surface area contributed by atoms with Crippen molar-refractivity contribution in [3.8, 4) is 11.1 Å². The fraction of sp³-hybridized carbons (Fsp3) is 0.518. The molecule has 1 aliphatic heterocycles. The number of unbranched alkanes of at least 4 members (excludes halogenated alkanes) is 26. The number of Topliss-reactive ketones (excluding diaryl/α,β-unsaturated/α-hetero) is 2. The summed E-state index contributed by atoms with van der Waals surface area (Å²) in [5.41, 5.74) is 13.4. The highest BCUT2D eigenvalue weighted by atomic mass is 35.5. The van der Waals surface area contributed by atoms with E-state index in [2.05, 4.69) is 34.9 Å². The summed E-state index contributed by atoms with van der Waals surface area (Å²) in [6.45, 7) is 18.5. The normalized spacial score (nSPS) is 13.8. The SMILES string of the molecule is C1CCNCC1.Cc1ccc(C(OC(=O)[C@H](CCN)CC(=O)CCCCCCCCCCCCCCCCC(=O)OC(C)(C)C)(c2ccccc2)c2ccccc2Cl)cc1.Cc1ccc(C(OC(=O)[C@H](CCNC(=O)OCC2c3ccccc3-c3ccccc32)CC(=O)CCCCCCCCCCCCCCCCC(=O)OC(C)(C)C)(c2ccccc2)c2ccccc2Cl)cc1. The minimum Gasteiger partial charge on any atom is -0.460 e. The number of halogens is 2. The number of benzene rings is 8. The maximum Gasteiger partial charge on any atom is 0.407 e. The van der Waals surface area contributed by atoms with Crippen LogP contribution in [0.2, 0.25) is 10.0 Å². The number of hydrogen-bond donors (Lipinski definition) is 3. The van der Waals surface area contributed by atoms with E-state index < -0.39 is 52.3 Å². The van der Waals surface area contributed by atoms with Gasteiger partial charge in [0.25, 0.3) is 0 Å². The van der Waals surface area contributed by atoms with Crippen molar-refractivity contribution in [3.05, 3.63) is 272 Å². The fourth-order valence-corrected chi connectivity index (χ4v) is 18.3. The number of carbonyl (C=O) groups excluding carboxylic acids is 7. The summed E-state index contributed by atoms with van der Waals surface area (Å²) in [6.07, 6.45) is 38.1. The zero-order chi connectivity index (χ0) is 94.0. The molecule has 15 nitrogen and oxygen atoms in total. The molecule has 710 valence electrons. The second-order valence-electron chi connectivity index (χ2n) is 38.0. The zero-order valence-electron chi connectivity index (χ0n) is 80.2. The summed E-state index contributed by atoms with van der Waals surface area (Å²) in [4.78, 5) is 93.1. The summed E-state index contributed by atoms with van der Waals surface area (Å²) in [5, 5.41) is 7.08. The van der Waals surface area contributed by atoms with Gasteiger partial charge in [-0.3, -0.25) is 28.8 Å². The fourth-order valence-electron chi connectivity index (χ4n) is 17.8.